The van der Waals surface area contributed by atoms with Crippen LogP contribution in [0.5, 0.6) is 0 Å². The summed E-state index contributed by atoms with van der Waals surface area (Å²) >= 11 is 0. The Bertz CT molecular complexity index is 651. The molecule has 1 amide bonds. The number of ether oxygens (including phenoxy) is 1. The lowest BCUT2D eigenvalue weighted by atomic mass is 10.2. The van der Waals surface area contributed by atoms with Crippen LogP contribution in [-0.4, -0.2) is 58.2 Å². The minimum absolute atomic E-state index is 0.280. The van der Waals surface area contributed by atoms with Gasteiger partial charge < -0.3 is 9.64 Å². The van der Waals surface area contributed by atoms with Gasteiger partial charge in [0.15, 0.2) is 0 Å². The number of carbonyl (C=O) groups excluding carboxylic acids is 2. The summed E-state index contributed by atoms with van der Waals surface area (Å²) in [6.45, 7) is 4.40. The molecule has 0 radical (unpaired) electrons. The fourth-order valence-electron chi connectivity index (χ4n) is 2.08. The predicted molar refractivity (Wildman–Crippen MR) is 87.9 cm³/mol. The van der Waals surface area contributed by atoms with Crippen molar-refractivity contribution in [3.8, 4) is 0 Å². The lowest BCUT2D eigenvalue weighted by Crippen LogP contribution is -2.42. The number of nitrogens with zero attached hydrogens (tertiary/aromatic N) is 2. The molecule has 1 rings (SSSR count). The summed E-state index contributed by atoms with van der Waals surface area (Å²) in [7, 11) is -2.37. The van der Waals surface area contributed by atoms with Crippen molar-refractivity contribution in [2.75, 3.05) is 37.3 Å². The molecule has 23 heavy (non-hydrogen) atoms. The molecule has 1 aromatic rings. The Hall–Kier alpha value is -2.09. The van der Waals surface area contributed by atoms with Crippen molar-refractivity contribution in [2.45, 2.75) is 13.8 Å². The molecule has 0 aromatic heterocycles. The number of carbonyl (C=O) groups is 2. The van der Waals surface area contributed by atoms with E-state index in [1.54, 1.807) is 4.90 Å². The molecule has 0 unspecified atom stereocenters. The number of hydrogen-bond acceptors (Lipinski definition) is 5. The van der Waals surface area contributed by atoms with Crippen molar-refractivity contribution in [1.29, 1.82) is 0 Å². The van der Waals surface area contributed by atoms with Gasteiger partial charge in [-0.2, -0.15) is 0 Å². The molecule has 0 atom stereocenters. The van der Waals surface area contributed by atoms with Gasteiger partial charge in [-0.15, -0.1) is 0 Å². The van der Waals surface area contributed by atoms with E-state index in [4.69, 9.17) is 0 Å². The van der Waals surface area contributed by atoms with E-state index in [0.717, 1.165) is 10.6 Å². The number of methoxy groups -OCH3 is 1. The van der Waals surface area contributed by atoms with Crippen molar-refractivity contribution in [3.05, 3.63) is 29.8 Å². The molecule has 0 aliphatic heterocycles. The molecule has 0 fully saturated rings. The Morgan fingerprint density at radius 1 is 1.09 bits per heavy atom. The van der Waals surface area contributed by atoms with Crippen LogP contribution in [0.25, 0.3) is 0 Å². The maximum atomic E-state index is 12.2. The summed E-state index contributed by atoms with van der Waals surface area (Å²) in [5, 5.41) is 0. The Morgan fingerprint density at radius 2 is 1.61 bits per heavy atom. The van der Waals surface area contributed by atoms with Crippen molar-refractivity contribution < 1.29 is 22.7 Å². The van der Waals surface area contributed by atoms with E-state index in [0.29, 0.717) is 24.3 Å². The van der Waals surface area contributed by atoms with Crippen LogP contribution in [0.3, 0.4) is 0 Å². The first-order valence-electron chi connectivity index (χ1n) is 7.18. The van der Waals surface area contributed by atoms with Crippen LogP contribution < -0.4 is 4.31 Å². The average Bonchev–Trinajstić information content (AvgIpc) is 2.52. The summed E-state index contributed by atoms with van der Waals surface area (Å²) in [6.07, 6.45) is 1.04. The van der Waals surface area contributed by atoms with Crippen LogP contribution in [-0.2, 0) is 19.6 Å². The monoisotopic (exact) mass is 342 g/mol. The lowest BCUT2D eigenvalue weighted by Gasteiger charge is -2.26. The number of hydrogen-bond donors (Lipinski definition) is 0. The molecule has 0 heterocycles. The number of benzene rings is 1. The van der Waals surface area contributed by atoms with Gasteiger partial charge in [0.25, 0.3) is 0 Å². The zero-order chi connectivity index (χ0) is 17.6. The van der Waals surface area contributed by atoms with E-state index in [1.807, 2.05) is 13.8 Å². The average molecular weight is 342 g/mol. The Labute approximate surface area is 136 Å². The number of amides is 1. The minimum Gasteiger partial charge on any atom is -0.465 e. The van der Waals surface area contributed by atoms with Gasteiger partial charge in [0.1, 0.15) is 6.54 Å². The lowest BCUT2D eigenvalue weighted by molar-refractivity contribution is -0.129. The van der Waals surface area contributed by atoms with Crippen LogP contribution in [0.15, 0.2) is 24.3 Å². The number of esters is 1. The second kappa shape index (κ2) is 7.96. The van der Waals surface area contributed by atoms with Crippen LogP contribution >= 0.6 is 0 Å². The molecule has 0 N–H and O–H groups in total. The van der Waals surface area contributed by atoms with Gasteiger partial charge in [-0.1, -0.05) is 0 Å². The molecule has 0 spiro atoms. The van der Waals surface area contributed by atoms with Gasteiger partial charge in [-0.05, 0) is 38.1 Å². The Morgan fingerprint density at radius 3 is 2.00 bits per heavy atom. The molecule has 128 valence electrons. The third-order valence-electron chi connectivity index (χ3n) is 3.37. The Balaban J connectivity index is 3.09. The first-order chi connectivity index (χ1) is 10.7. The van der Waals surface area contributed by atoms with Gasteiger partial charge in [-0.3, -0.25) is 9.10 Å². The second-order valence-electron chi connectivity index (χ2n) is 4.87. The third-order valence-corrected chi connectivity index (χ3v) is 4.51. The summed E-state index contributed by atoms with van der Waals surface area (Å²) in [4.78, 5) is 25.2. The molecular weight excluding hydrogens is 320 g/mol. The second-order valence-corrected chi connectivity index (χ2v) is 6.78. The molecule has 0 saturated carbocycles. The molecule has 7 nitrogen and oxygen atoms in total. The van der Waals surface area contributed by atoms with Gasteiger partial charge in [0.2, 0.25) is 15.9 Å². The highest BCUT2D eigenvalue weighted by Gasteiger charge is 2.23. The third kappa shape index (κ3) is 4.95. The Kier molecular flexibility index (Phi) is 6.56. The smallest absolute Gasteiger partial charge is 0.337 e. The summed E-state index contributed by atoms with van der Waals surface area (Å²) in [5.41, 5.74) is 0.625. The molecule has 0 saturated heterocycles. The fourth-order valence-corrected chi connectivity index (χ4v) is 2.93. The summed E-state index contributed by atoms with van der Waals surface area (Å²) in [6, 6.07) is 5.87. The van der Waals surface area contributed by atoms with E-state index in [9.17, 15) is 18.0 Å². The van der Waals surface area contributed by atoms with Gasteiger partial charge in [0, 0.05) is 13.1 Å². The number of sulfonamides is 1. The zero-order valence-electron chi connectivity index (χ0n) is 13.8. The van der Waals surface area contributed by atoms with Crippen LogP contribution in [0.2, 0.25) is 0 Å². The van der Waals surface area contributed by atoms with Gasteiger partial charge >= 0.3 is 5.97 Å². The molecule has 0 aliphatic carbocycles. The highest BCUT2D eigenvalue weighted by atomic mass is 32.2. The van der Waals surface area contributed by atoms with E-state index in [-0.39, 0.29) is 12.5 Å². The van der Waals surface area contributed by atoms with Crippen molar-refractivity contribution >= 4 is 27.6 Å². The van der Waals surface area contributed by atoms with Crippen LogP contribution in [0.1, 0.15) is 24.2 Å². The zero-order valence-corrected chi connectivity index (χ0v) is 14.6. The molecule has 0 aliphatic rings. The van der Waals surface area contributed by atoms with Gasteiger partial charge in [0.05, 0.1) is 24.6 Å². The number of likely N-dealkylation sites (N-methyl/N-ethyl adjacent to an activating group) is 1. The minimum atomic E-state index is -3.63. The van der Waals surface area contributed by atoms with Crippen molar-refractivity contribution in [2.24, 2.45) is 0 Å². The topological polar surface area (TPSA) is 84.0 Å². The van der Waals surface area contributed by atoms with Crippen molar-refractivity contribution in [1.82, 2.24) is 4.90 Å². The van der Waals surface area contributed by atoms with Gasteiger partial charge in [-0.25, -0.2) is 13.2 Å². The quantitative estimate of drug-likeness (QED) is 0.693. The standard InChI is InChI=1S/C15H22N2O5S/c1-5-16(6-2)14(18)11-17(23(4,20)21)13-9-7-12(8-10-13)15(19)22-3/h7-10H,5-6,11H2,1-4H3. The maximum Gasteiger partial charge on any atom is 0.337 e. The number of rotatable bonds is 7. The van der Waals surface area contributed by atoms with Crippen molar-refractivity contribution in [3.63, 3.8) is 0 Å². The largest absolute Gasteiger partial charge is 0.465 e. The number of anilines is 1. The van der Waals surface area contributed by atoms with Crippen LogP contribution in [0, 0.1) is 0 Å². The first-order valence-corrected chi connectivity index (χ1v) is 9.03. The predicted octanol–water partition coefficient (Wildman–Crippen LogP) is 1.11. The van der Waals surface area contributed by atoms with E-state index < -0.39 is 16.0 Å². The fraction of sp³-hybridized carbons (Fsp3) is 0.467. The highest BCUT2D eigenvalue weighted by Crippen LogP contribution is 2.19. The molecule has 8 heteroatoms. The van der Waals surface area contributed by atoms with E-state index >= 15 is 0 Å². The molecule has 0 bridgehead atoms. The van der Waals surface area contributed by atoms with Crippen LogP contribution in [0.4, 0.5) is 5.69 Å². The van der Waals surface area contributed by atoms with E-state index in [2.05, 4.69) is 4.74 Å². The maximum absolute atomic E-state index is 12.2. The summed E-state index contributed by atoms with van der Waals surface area (Å²) in [5.74, 6) is -0.792. The SMILES string of the molecule is CCN(CC)C(=O)CN(c1ccc(C(=O)OC)cc1)S(C)(=O)=O. The molecular formula is C15H22N2O5S. The normalized spacial score (nSPS) is 11.0. The highest BCUT2D eigenvalue weighted by molar-refractivity contribution is 7.92. The first kappa shape index (κ1) is 19.0. The van der Waals surface area contributed by atoms with E-state index in [1.165, 1.54) is 31.4 Å². The molecule has 1 aromatic carbocycles. The summed E-state index contributed by atoms with van der Waals surface area (Å²) < 4.78 is 29.6.